The first-order chi connectivity index (χ1) is 6.29. The average molecular weight is 182 g/mol. The molecule has 0 aromatic rings. The first kappa shape index (κ1) is 9.20. The SMILES string of the molecule is CC1OCCC1C(=O)C1CCCC1. The number of Topliss-reactive ketones (excluding diaryl/α,β-unsaturated/α-hetero) is 1. The van der Waals surface area contributed by atoms with Crippen LogP contribution >= 0.6 is 0 Å². The molecule has 1 saturated heterocycles. The lowest BCUT2D eigenvalue weighted by molar-refractivity contribution is -0.128. The smallest absolute Gasteiger partial charge is 0.141 e. The zero-order chi connectivity index (χ0) is 9.26. The number of hydrogen-bond acceptors (Lipinski definition) is 2. The largest absolute Gasteiger partial charge is 0.378 e. The van der Waals surface area contributed by atoms with Gasteiger partial charge in [0.15, 0.2) is 0 Å². The summed E-state index contributed by atoms with van der Waals surface area (Å²) in [5.41, 5.74) is 0. The van der Waals surface area contributed by atoms with Crippen LogP contribution in [0.2, 0.25) is 0 Å². The Hall–Kier alpha value is -0.370. The zero-order valence-electron chi connectivity index (χ0n) is 8.29. The second-order valence-electron chi connectivity index (χ2n) is 4.35. The van der Waals surface area contributed by atoms with E-state index in [1.54, 1.807) is 0 Å². The maximum absolute atomic E-state index is 12.0. The van der Waals surface area contributed by atoms with Gasteiger partial charge in [-0.3, -0.25) is 4.79 Å². The minimum Gasteiger partial charge on any atom is -0.378 e. The predicted octanol–water partition coefficient (Wildman–Crippen LogP) is 2.17. The number of carbonyl (C=O) groups is 1. The summed E-state index contributed by atoms with van der Waals surface area (Å²) in [6.07, 6.45) is 5.88. The van der Waals surface area contributed by atoms with Crippen LogP contribution in [-0.4, -0.2) is 18.5 Å². The molecule has 0 N–H and O–H groups in total. The molecule has 1 heterocycles. The van der Waals surface area contributed by atoms with E-state index < -0.39 is 0 Å². The standard InChI is InChI=1S/C11H18O2/c1-8-10(6-7-13-8)11(12)9-4-2-3-5-9/h8-10H,2-7H2,1H3. The molecule has 2 heteroatoms. The molecule has 2 atom stereocenters. The molecule has 1 aliphatic heterocycles. The molecule has 0 aromatic heterocycles. The number of ether oxygens (including phenoxy) is 1. The third kappa shape index (κ3) is 1.78. The molecule has 2 nitrogen and oxygen atoms in total. The highest BCUT2D eigenvalue weighted by Gasteiger charge is 2.35. The van der Waals surface area contributed by atoms with Crippen molar-refractivity contribution in [1.82, 2.24) is 0 Å². The summed E-state index contributed by atoms with van der Waals surface area (Å²) in [7, 11) is 0. The van der Waals surface area contributed by atoms with Crippen molar-refractivity contribution in [2.45, 2.75) is 45.1 Å². The van der Waals surface area contributed by atoms with Gasteiger partial charge in [-0.1, -0.05) is 12.8 Å². The minimum absolute atomic E-state index is 0.174. The summed E-state index contributed by atoms with van der Waals surface area (Å²) in [6.45, 7) is 2.81. The molecule has 1 aliphatic carbocycles. The minimum atomic E-state index is 0.174. The van der Waals surface area contributed by atoms with Crippen molar-refractivity contribution in [2.24, 2.45) is 11.8 Å². The molecule has 2 fully saturated rings. The molecule has 2 aliphatic rings. The highest BCUT2D eigenvalue weighted by Crippen LogP contribution is 2.32. The van der Waals surface area contributed by atoms with Gasteiger partial charge in [0.1, 0.15) is 5.78 Å². The Balaban J connectivity index is 1.95. The lowest BCUT2D eigenvalue weighted by Gasteiger charge is -2.16. The van der Waals surface area contributed by atoms with Gasteiger partial charge >= 0.3 is 0 Å². The maximum Gasteiger partial charge on any atom is 0.141 e. The van der Waals surface area contributed by atoms with Crippen molar-refractivity contribution in [2.75, 3.05) is 6.61 Å². The summed E-state index contributed by atoms with van der Waals surface area (Å²) < 4.78 is 5.43. The number of hydrogen-bond donors (Lipinski definition) is 0. The molecule has 0 bridgehead atoms. The van der Waals surface area contributed by atoms with E-state index in [1.807, 2.05) is 6.92 Å². The normalized spacial score (nSPS) is 35.5. The molecular weight excluding hydrogens is 164 g/mol. The predicted molar refractivity (Wildman–Crippen MR) is 50.5 cm³/mol. The van der Waals surface area contributed by atoms with Crippen LogP contribution in [0.4, 0.5) is 0 Å². The van der Waals surface area contributed by atoms with Crippen molar-refractivity contribution in [1.29, 1.82) is 0 Å². The molecule has 74 valence electrons. The van der Waals surface area contributed by atoms with Crippen LogP contribution in [0.3, 0.4) is 0 Å². The van der Waals surface area contributed by atoms with Gasteiger partial charge in [-0.2, -0.15) is 0 Å². The van der Waals surface area contributed by atoms with E-state index in [1.165, 1.54) is 12.8 Å². The van der Waals surface area contributed by atoms with Crippen LogP contribution in [0.1, 0.15) is 39.0 Å². The summed E-state index contributed by atoms with van der Waals surface area (Å²) >= 11 is 0. The molecule has 0 amide bonds. The lowest BCUT2D eigenvalue weighted by atomic mass is 9.88. The molecule has 2 unspecified atom stereocenters. The summed E-state index contributed by atoms with van der Waals surface area (Å²) in [4.78, 5) is 12.0. The number of rotatable bonds is 2. The Morgan fingerprint density at radius 3 is 2.46 bits per heavy atom. The molecule has 2 rings (SSSR count). The van der Waals surface area contributed by atoms with E-state index in [-0.39, 0.29) is 12.0 Å². The monoisotopic (exact) mass is 182 g/mol. The van der Waals surface area contributed by atoms with E-state index in [4.69, 9.17) is 4.74 Å². The highest BCUT2D eigenvalue weighted by atomic mass is 16.5. The summed E-state index contributed by atoms with van der Waals surface area (Å²) in [5, 5.41) is 0. The first-order valence-corrected chi connectivity index (χ1v) is 5.44. The van der Waals surface area contributed by atoms with Crippen LogP contribution in [0, 0.1) is 11.8 Å². The number of carbonyl (C=O) groups excluding carboxylic acids is 1. The lowest BCUT2D eigenvalue weighted by Crippen LogP contribution is -2.26. The van der Waals surface area contributed by atoms with Gasteiger partial charge in [0.05, 0.1) is 6.10 Å². The van der Waals surface area contributed by atoms with Crippen molar-refractivity contribution in [3.05, 3.63) is 0 Å². The molecule has 0 spiro atoms. The van der Waals surface area contributed by atoms with Crippen LogP contribution in [-0.2, 0) is 9.53 Å². The van der Waals surface area contributed by atoms with Crippen molar-refractivity contribution in [3.63, 3.8) is 0 Å². The van der Waals surface area contributed by atoms with Crippen LogP contribution < -0.4 is 0 Å². The summed E-state index contributed by atoms with van der Waals surface area (Å²) in [5.74, 6) is 1.07. The van der Waals surface area contributed by atoms with E-state index in [9.17, 15) is 4.79 Å². The fraction of sp³-hybridized carbons (Fsp3) is 0.909. The Bertz CT molecular complexity index is 194. The molecule has 0 radical (unpaired) electrons. The first-order valence-electron chi connectivity index (χ1n) is 5.44. The van der Waals surface area contributed by atoms with Gasteiger partial charge in [0, 0.05) is 18.4 Å². The average Bonchev–Trinajstić information content (AvgIpc) is 2.72. The fourth-order valence-corrected chi connectivity index (χ4v) is 2.62. The topological polar surface area (TPSA) is 26.3 Å². The van der Waals surface area contributed by atoms with Crippen LogP contribution in [0.25, 0.3) is 0 Å². The third-order valence-electron chi connectivity index (χ3n) is 3.50. The van der Waals surface area contributed by atoms with Crippen molar-refractivity contribution >= 4 is 5.78 Å². The Morgan fingerprint density at radius 1 is 1.23 bits per heavy atom. The Labute approximate surface area is 79.7 Å². The van der Waals surface area contributed by atoms with Crippen LogP contribution in [0.15, 0.2) is 0 Å². The maximum atomic E-state index is 12.0. The van der Waals surface area contributed by atoms with E-state index in [0.717, 1.165) is 25.9 Å². The molecule has 13 heavy (non-hydrogen) atoms. The van der Waals surface area contributed by atoms with Gasteiger partial charge in [0.25, 0.3) is 0 Å². The van der Waals surface area contributed by atoms with Crippen molar-refractivity contribution in [3.8, 4) is 0 Å². The van der Waals surface area contributed by atoms with Gasteiger partial charge in [0.2, 0.25) is 0 Å². The fourth-order valence-electron chi connectivity index (χ4n) is 2.62. The van der Waals surface area contributed by atoms with Crippen molar-refractivity contribution < 1.29 is 9.53 Å². The van der Waals surface area contributed by atoms with E-state index in [2.05, 4.69) is 0 Å². The highest BCUT2D eigenvalue weighted by molar-refractivity contribution is 5.84. The molecule has 1 saturated carbocycles. The molecule has 0 aromatic carbocycles. The van der Waals surface area contributed by atoms with Crippen LogP contribution in [0.5, 0.6) is 0 Å². The number of ketones is 1. The van der Waals surface area contributed by atoms with E-state index in [0.29, 0.717) is 11.7 Å². The second kappa shape index (κ2) is 3.79. The summed E-state index contributed by atoms with van der Waals surface area (Å²) in [6, 6.07) is 0. The van der Waals surface area contributed by atoms with Gasteiger partial charge < -0.3 is 4.74 Å². The second-order valence-corrected chi connectivity index (χ2v) is 4.35. The van der Waals surface area contributed by atoms with Gasteiger partial charge in [-0.25, -0.2) is 0 Å². The van der Waals surface area contributed by atoms with E-state index >= 15 is 0 Å². The van der Waals surface area contributed by atoms with Gasteiger partial charge in [-0.05, 0) is 26.2 Å². The Morgan fingerprint density at radius 2 is 1.92 bits per heavy atom. The quantitative estimate of drug-likeness (QED) is 0.654. The molecular formula is C11H18O2. The zero-order valence-corrected chi connectivity index (χ0v) is 8.29. The third-order valence-corrected chi connectivity index (χ3v) is 3.50. The van der Waals surface area contributed by atoms with Gasteiger partial charge in [-0.15, -0.1) is 0 Å². The Kier molecular flexibility index (Phi) is 2.68.